The van der Waals surface area contributed by atoms with Crippen LogP contribution < -0.4 is 16.0 Å². The van der Waals surface area contributed by atoms with Crippen LogP contribution in [0.25, 0.3) is 0 Å². The molecule has 1 amide bonds. The number of rotatable bonds is 6. The zero-order valence-corrected chi connectivity index (χ0v) is 14.5. The molecule has 0 aliphatic rings. The van der Waals surface area contributed by atoms with Gasteiger partial charge in [-0.25, -0.2) is 10.2 Å². The molecule has 0 spiro atoms. The number of carbonyl (C=O) groups is 1. The van der Waals surface area contributed by atoms with E-state index in [9.17, 15) is 9.18 Å². The molecule has 0 fully saturated rings. The van der Waals surface area contributed by atoms with Crippen molar-refractivity contribution in [1.82, 2.24) is 5.43 Å². The highest BCUT2D eigenvalue weighted by molar-refractivity contribution is 9.10. The molecule has 2 aromatic carbocycles. The van der Waals surface area contributed by atoms with Crippen molar-refractivity contribution < 1.29 is 13.9 Å². The van der Waals surface area contributed by atoms with Crippen LogP contribution in [0.1, 0.15) is 17.5 Å². The van der Waals surface area contributed by atoms with Crippen molar-refractivity contribution in [2.45, 2.75) is 19.4 Å². The highest BCUT2D eigenvalue weighted by Gasteiger charge is 2.12. The topological polar surface area (TPSA) is 64.3 Å². The van der Waals surface area contributed by atoms with E-state index in [1.807, 2.05) is 6.07 Å². The molecule has 23 heavy (non-hydrogen) atoms. The molecule has 0 aromatic heterocycles. The summed E-state index contributed by atoms with van der Waals surface area (Å²) in [6, 6.07) is 9.91. The summed E-state index contributed by atoms with van der Waals surface area (Å²) in [6.45, 7) is 0.0694. The molecule has 2 aromatic rings. The van der Waals surface area contributed by atoms with E-state index in [2.05, 4.69) is 21.4 Å². The first-order valence-corrected chi connectivity index (χ1v) is 8.02. The fraction of sp³-hybridized carbons (Fsp3) is 0.188. The van der Waals surface area contributed by atoms with E-state index in [1.54, 1.807) is 24.3 Å². The van der Waals surface area contributed by atoms with Crippen molar-refractivity contribution in [2.75, 3.05) is 0 Å². The number of halogens is 3. The van der Waals surface area contributed by atoms with Gasteiger partial charge in [0.05, 0.1) is 9.50 Å². The maximum atomic E-state index is 13.6. The van der Waals surface area contributed by atoms with E-state index in [-0.39, 0.29) is 24.8 Å². The van der Waals surface area contributed by atoms with Gasteiger partial charge in [-0.15, -0.1) is 0 Å². The molecule has 4 nitrogen and oxygen atoms in total. The molecule has 0 bridgehead atoms. The van der Waals surface area contributed by atoms with Crippen LogP contribution in [0, 0.1) is 5.82 Å². The first kappa shape index (κ1) is 17.7. The van der Waals surface area contributed by atoms with E-state index in [4.69, 9.17) is 22.2 Å². The summed E-state index contributed by atoms with van der Waals surface area (Å²) in [5, 5.41) is 0.388. The summed E-state index contributed by atoms with van der Waals surface area (Å²) < 4.78 is 19.9. The monoisotopic (exact) mass is 400 g/mol. The molecule has 0 aliphatic carbocycles. The van der Waals surface area contributed by atoms with Crippen LogP contribution in [0.15, 0.2) is 40.9 Å². The van der Waals surface area contributed by atoms with E-state index >= 15 is 0 Å². The van der Waals surface area contributed by atoms with Gasteiger partial charge in [0.25, 0.3) is 0 Å². The number of ether oxygens (including phenoxy) is 1. The number of hydrogen-bond acceptors (Lipinski definition) is 3. The van der Waals surface area contributed by atoms with Crippen LogP contribution in [-0.4, -0.2) is 5.91 Å². The molecule has 0 unspecified atom stereocenters. The van der Waals surface area contributed by atoms with E-state index in [1.165, 1.54) is 6.07 Å². The number of nitrogens with two attached hydrogens (primary N) is 1. The van der Waals surface area contributed by atoms with Gasteiger partial charge in [-0.1, -0.05) is 29.8 Å². The minimum Gasteiger partial charge on any atom is -0.486 e. The lowest BCUT2D eigenvalue weighted by atomic mass is 10.1. The molecule has 0 aliphatic heterocycles. The lowest BCUT2D eigenvalue weighted by Gasteiger charge is -2.12. The Hall–Kier alpha value is -1.63. The third-order valence-electron chi connectivity index (χ3n) is 3.19. The van der Waals surface area contributed by atoms with Gasteiger partial charge < -0.3 is 4.74 Å². The number of hydrogen-bond donors (Lipinski definition) is 2. The summed E-state index contributed by atoms with van der Waals surface area (Å²) in [7, 11) is 0. The predicted octanol–water partition coefficient (Wildman–Crippen LogP) is 3.74. The standard InChI is InChI=1S/C16H15BrClFN2O2/c17-12-7-10(5-6-15(22)21-20)8-13(18)16(12)23-9-11-3-1-2-4-14(11)19/h1-4,7-8H,5-6,9,20H2,(H,21,22). The second kappa shape index (κ2) is 8.29. The number of aryl methyl sites for hydroxylation is 1. The minimum atomic E-state index is -0.329. The number of hydrazine groups is 1. The van der Waals surface area contributed by atoms with Crippen LogP contribution in [0.4, 0.5) is 4.39 Å². The van der Waals surface area contributed by atoms with Crippen molar-refractivity contribution in [3.63, 3.8) is 0 Å². The maximum Gasteiger partial charge on any atom is 0.234 e. The highest BCUT2D eigenvalue weighted by atomic mass is 79.9. The van der Waals surface area contributed by atoms with E-state index in [0.29, 0.717) is 27.2 Å². The van der Waals surface area contributed by atoms with Crippen LogP contribution in [0.5, 0.6) is 5.75 Å². The minimum absolute atomic E-state index is 0.0694. The Balaban J connectivity index is 2.08. The summed E-state index contributed by atoms with van der Waals surface area (Å²) in [6.07, 6.45) is 0.754. The van der Waals surface area contributed by atoms with Gasteiger partial charge in [-0.2, -0.15) is 0 Å². The SMILES string of the molecule is NNC(=O)CCc1cc(Cl)c(OCc2ccccc2F)c(Br)c1. The number of carbonyl (C=O) groups excluding carboxylic acids is 1. The van der Waals surface area contributed by atoms with Gasteiger partial charge in [0, 0.05) is 12.0 Å². The number of nitrogens with one attached hydrogen (secondary N) is 1. The van der Waals surface area contributed by atoms with E-state index in [0.717, 1.165) is 5.56 Å². The van der Waals surface area contributed by atoms with Gasteiger partial charge in [-0.05, 0) is 46.1 Å². The average Bonchev–Trinajstić information content (AvgIpc) is 2.53. The maximum absolute atomic E-state index is 13.6. The summed E-state index contributed by atoms with van der Waals surface area (Å²) >= 11 is 9.60. The molecule has 0 heterocycles. The Kier molecular flexibility index (Phi) is 6.38. The lowest BCUT2D eigenvalue weighted by molar-refractivity contribution is -0.121. The summed E-state index contributed by atoms with van der Waals surface area (Å²) in [5.74, 6) is 4.89. The van der Waals surface area contributed by atoms with E-state index < -0.39 is 0 Å². The molecule has 0 saturated heterocycles. The Morgan fingerprint density at radius 2 is 2.09 bits per heavy atom. The smallest absolute Gasteiger partial charge is 0.234 e. The molecule has 3 N–H and O–H groups in total. The van der Waals surface area contributed by atoms with Crippen molar-refractivity contribution in [1.29, 1.82) is 0 Å². The number of amides is 1. The van der Waals surface area contributed by atoms with Crippen molar-refractivity contribution >= 4 is 33.4 Å². The zero-order valence-electron chi connectivity index (χ0n) is 12.1. The van der Waals surface area contributed by atoms with Crippen LogP contribution >= 0.6 is 27.5 Å². The predicted molar refractivity (Wildman–Crippen MR) is 90.5 cm³/mol. The fourth-order valence-corrected chi connectivity index (χ4v) is 3.02. The van der Waals surface area contributed by atoms with Crippen molar-refractivity contribution in [3.05, 3.63) is 62.8 Å². The first-order valence-electron chi connectivity index (χ1n) is 6.85. The first-order chi connectivity index (χ1) is 11.0. The van der Waals surface area contributed by atoms with Gasteiger partial charge in [0.1, 0.15) is 12.4 Å². The Morgan fingerprint density at radius 3 is 2.74 bits per heavy atom. The van der Waals surface area contributed by atoms with Gasteiger partial charge in [-0.3, -0.25) is 10.2 Å². The highest BCUT2D eigenvalue weighted by Crippen LogP contribution is 2.35. The molecule has 7 heteroatoms. The van der Waals surface area contributed by atoms with Crippen molar-refractivity contribution in [2.24, 2.45) is 5.84 Å². The van der Waals surface area contributed by atoms with Crippen LogP contribution in [0.2, 0.25) is 5.02 Å². The van der Waals surface area contributed by atoms with Crippen LogP contribution in [0.3, 0.4) is 0 Å². The summed E-state index contributed by atoms with van der Waals surface area (Å²) in [5.41, 5.74) is 3.38. The molecule has 0 atom stereocenters. The Bertz CT molecular complexity index is 689. The van der Waals surface area contributed by atoms with Gasteiger partial charge in [0.2, 0.25) is 5.91 Å². The van der Waals surface area contributed by atoms with Gasteiger partial charge >= 0.3 is 0 Å². The average molecular weight is 402 g/mol. The van der Waals surface area contributed by atoms with Crippen LogP contribution in [-0.2, 0) is 17.8 Å². The fourth-order valence-electron chi connectivity index (χ4n) is 1.99. The second-order valence-electron chi connectivity index (χ2n) is 4.84. The molecular formula is C16H15BrClFN2O2. The number of benzene rings is 2. The molecule has 122 valence electrons. The largest absolute Gasteiger partial charge is 0.486 e. The third kappa shape index (κ3) is 4.92. The quantitative estimate of drug-likeness (QED) is 0.440. The molecule has 0 saturated carbocycles. The Morgan fingerprint density at radius 1 is 1.35 bits per heavy atom. The molecule has 0 radical (unpaired) electrons. The normalized spacial score (nSPS) is 10.4. The zero-order chi connectivity index (χ0) is 16.8. The Labute approximate surface area is 146 Å². The second-order valence-corrected chi connectivity index (χ2v) is 6.10. The third-order valence-corrected chi connectivity index (χ3v) is 4.06. The molecular weight excluding hydrogens is 387 g/mol. The summed E-state index contributed by atoms with van der Waals surface area (Å²) in [4.78, 5) is 11.2. The van der Waals surface area contributed by atoms with Gasteiger partial charge in [0.15, 0.2) is 5.75 Å². The molecule has 2 rings (SSSR count). The lowest BCUT2D eigenvalue weighted by Crippen LogP contribution is -2.30. The van der Waals surface area contributed by atoms with Crippen molar-refractivity contribution in [3.8, 4) is 5.75 Å².